The first kappa shape index (κ1) is 21.0. The topological polar surface area (TPSA) is 34.1 Å². The maximum absolute atomic E-state index is 13.1. The van der Waals surface area contributed by atoms with Crippen LogP contribution in [-0.2, 0) is 39.7 Å². The Morgan fingerprint density at radius 2 is 1.63 bits per heavy atom. The fourth-order valence-corrected chi connectivity index (χ4v) is 5.48. The second-order valence-corrected chi connectivity index (χ2v) is 10.6. The number of aldehydes is 1. The summed E-state index contributed by atoms with van der Waals surface area (Å²) in [6, 6.07) is 13.2. The van der Waals surface area contributed by atoms with Gasteiger partial charge in [-0.15, -0.1) is 0 Å². The molecule has 2 aromatic rings. The fraction of sp³-hybridized carbons (Fsp3) is 0.500. The lowest BCUT2D eigenvalue weighted by molar-refractivity contribution is -0.122. The molecule has 1 unspecified atom stereocenters. The smallest absolute Gasteiger partial charge is 0.141 e. The molecule has 30 heavy (non-hydrogen) atoms. The highest BCUT2D eigenvalue weighted by Crippen LogP contribution is 2.40. The van der Waals surface area contributed by atoms with Crippen molar-refractivity contribution in [3.63, 3.8) is 0 Å². The molecule has 0 amide bonds. The zero-order valence-corrected chi connectivity index (χ0v) is 18.9. The van der Waals surface area contributed by atoms with Crippen LogP contribution < -0.4 is 0 Å². The molecule has 2 aromatic carbocycles. The van der Waals surface area contributed by atoms with E-state index in [-0.39, 0.29) is 29.0 Å². The molecule has 158 valence electrons. The van der Waals surface area contributed by atoms with E-state index in [0.717, 1.165) is 37.5 Å². The molecule has 0 aliphatic heterocycles. The summed E-state index contributed by atoms with van der Waals surface area (Å²) in [4.78, 5) is 24.5. The third kappa shape index (κ3) is 3.89. The van der Waals surface area contributed by atoms with E-state index in [4.69, 9.17) is 0 Å². The lowest BCUT2D eigenvalue weighted by Crippen LogP contribution is -2.17. The number of rotatable bonds is 7. The third-order valence-corrected chi connectivity index (χ3v) is 7.58. The van der Waals surface area contributed by atoms with Crippen LogP contribution in [0.15, 0.2) is 36.4 Å². The van der Waals surface area contributed by atoms with Gasteiger partial charge in [-0.05, 0) is 76.3 Å². The molecule has 0 aromatic heterocycles. The molecule has 0 N–H and O–H groups in total. The van der Waals surface area contributed by atoms with Crippen LogP contribution in [0.3, 0.4) is 0 Å². The number of hydrogen-bond acceptors (Lipinski definition) is 2. The van der Waals surface area contributed by atoms with Crippen molar-refractivity contribution in [3.8, 4) is 0 Å². The number of benzene rings is 2. The summed E-state index contributed by atoms with van der Waals surface area (Å²) in [6.45, 7) is 9.16. The van der Waals surface area contributed by atoms with Crippen molar-refractivity contribution in [1.29, 1.82) is 0 Å². The standard InChI is InChI=1S/C28H34O2/c1-27(2)15-12-22-17-19(5-9-24(22)27)6-10-26(30)23(13-16-29)21-8-7-20-11-14-28(3,4)25(20)18-21/h5,7-9,16-18,23H,6,10-15H2,1-4H3. The van der Waals surface area contributed by atoms with E-state index in [0.29, 0.717) is 6.42 Å². The summed E-state index contributed by atoms with van der Waals surface area (Å²) >= 11 is 0. The predicted molar refractivity (Wildman–Crippen MR) is 122 cm³/mol. The van der Waals surface area contributed by atoms with Crippen LogP contribution in [0, 0.1) is 0 Å². The van der Waals surface area contributed by atoms with E-state index >= 15 is 0 Å². The van der Waals surface area contributed by atoms with Gasteiger partial charge in [0.25, 0.3) is 0 Å². The van der Waals surface area contributed by atoms with Crippen molar-refractivity contribution in [2.45, 2.75) is 89.4 Å². The summed E-state index contributed by atoms with van der Waals surface area (Å²) in [5, 5.41) is 0. The Kier molecular flexibility index (Phi) is 5.46. The van der Waals surface area contributed by atoms with Crippen molar-refractivity contribution >= 4 is 12.1 Å². The van der Waals surface area contributed by atoms with Gasteiger partial charge in [-0.1, -0.05) is 64.1 Å². The number of carbonyl (C=O) groups is 2. The summed E-state index contributed by atoms with van der Waals surface area (Å²) in [5.41, 5.74) is 8.30. The van der Waals surface area contributed by atoms with Gasteiger partial charge in [0.2, 0.25) is 0 Å². The predicted octanol–water partition coefficient (Wildman–Crippen LogP) is 6.01. The van der Waals surface area contributed by atoms with Gasteiger partial charge in [-0.25, -0.2) is 0 Å². The van der Waals surface area contributed by atoms with Gasteiger partial charge >= 0.3 is 0 Å². The molecule has 1 atom stereocenters. The molecule has 0 fully saturated rings. The zero-order valence-electron chi connectivity index (χ0n) is 18.9. The molecule has 4 rings (SSSR count). The monoisotopic (exact) mass is 402 g/mol. The van der Waals surface area contributed by atoms with Crippen molar-refractivity contribution in [2.24, 2.45) is 0 Å². The Morgan fingerprint density at radius 3 is 2.37 bits per heavy atom. The lowest BCUT2D eigenvalue weighted by Gasteiger charge is -2.21. The SMILES string of the molecule is CC1(C)CCc2cc(CCC(=O)C(CC=O)c3ccc4c(c3)C(C)(C)CC4)ccc21. The molecule has 0 saturated carbocycles. The van der Waals surface area contributed by atoms with E-state index < -0.39 is 0 Å². The number of fused-ring (bicyclic) bond motifs is 2. The van der Waals surface area contributed by atoms with E-state index in [1.807, 2.05) is 0 Å². The normalized spacial score (nSPS) is 19.2. The molecular weight excluding hydrogens is 368 g/mol. The van der Waals surface area contributed by atoms with Crippen LogP contribution in [0.4, 0.5) is 0 Å². The van der Waals surface area contributed by atoms with Gasteiger partial charge in [0, 0.05) is 18.8 Å². The van der Waals surface area contributed by atoms with Gasteiger partial charge in [0.15, 0.2) is 0 Å². The molecule has 0 spiro atoms. The van der Waals surface area contributed by atoms with E-state index in [1.54, 1.807) is 0 Å². The van der Waals surface area contributed by atoms with E-state index in [2.05, 4.69) is 64.1 Å². The van der Waals surface area contributed by atoms with Gasteiger partial charge in [0.1, 0.15) is 12.1 Å². The lowest BCUT2D eigenvalue weighted by atomic mass is 9.82. The molecule has 0 radical (unpaired) electrons. The van der Waals surface area contributed by atoms with Crippen LogP contribution in [0.2, 0.25) is 0 Å². The van der Waals surface area contributed by atoms with Gasteiger partial charge in [-0.3, -0.25) is 4.79 Å². The van der Waals surface area contributed by atoms with Crippen LogP contribution in [0.5, 0.6) is 0 Å². The van der Waals surface area contributed by atoms with Gasteiger partial charge in [0.05, 0.1) is 0 Å². The van der Waals surface area contributed by atoms with Gasteiger partial charge < -0.3 is 4.79 Å². The third-order valence-electron chi connectivity index (χ3n) is 7.58. The molecule has 0 bridgehead atoms. The Balaban J connectivity index is 1.50. The number of ketones is 1. The Morgan fingerprint density at radius 1 is 0.933 bits per heavy atom. The average Bonchev–Trinajstić information content (AvgIpc) is 3.19. The Bertz CT molecular complexity index is 980. The van der Waals surface area contributed by atoms with E-state index in [9.17, 15) is 9.59 Å². The highest BCUT2D eigenvalue weighted by Gasteiger charge is 2.32. The van der Waals surface area contributed by atoms with Crippen LogP contribution in [0.1, 0.15) is 92.7 Å². The van der Waals surface area contributed by atoms with Crippen molar-refractivity contribution in [1.82, 2.24) is 0 Å². The molecule has 2 aliphatic carbocycles. The molecule has 0 saturated heterocycles. The van der Waals surface area contributed by atoms with Crippen molar-refractivity contribution in [2.75, 3.05) is 0 Å². The average molecular weight is 403 g/mol. The number of carbonyl (C=O) groups excluding carboxylic acids is 2. The maximum Gasteiger partial charge on any atom is 0.141 e. The van der Waals surface area contributed by atoms with Crippen molar-refractivity contribution < 1.29 is 9.59 Å². The Labute approximate surface area is 181 Å². The summed E-state index contributed by atoms with van der Waals surface area (Å²) < 4.78 is 0. The number of Topliss-reactive ketones (excluding diaryl/α,β-unsaturated/α-hetero) is 1. The number of hydrogen-bond donors (Lipinski definition) is 0. The fourth-order valence-electron chi connectivity index (χ4n) is 5.48. The highest BCUT2D eigenvalue weighted by atomic mass is 16.1. The highest BCUT2D eigenvalue weighted by molar-refractivity contribution is 5.88. The number of aryl methyl sites for hydroxylation is 3. The minimum absolute atomic E-state index is 0.151. The first-order valence-electron chi connectivity index (χ1n) is 11.4. The quantitative estimate of drug-likeness (QED) is 0.532. The van der Waals surface area contributed by atoms with Crippen LogP contribution >= 0.6 is 0 Å². The second kappa shape index (κ2) is 7.80. The minimum atomic E-state index is -0.322. The second-order valence-electron chi connectivity index (χ2n) is 10.6. The molecule has 2 nitrogen and oxygen atoms in total. The molecule has 0 heterocycles. The van der Waals surface area contributed by atoms with Crippen LogP contribution in [0.25, 0.3) is 0 Å². The molecule has 2 aliphatic rings. The summed E-state index contributed by atoms with van der Waals surface area (Å²) in [5.74, 6) is -0.142. The Hall–Kier alpha value is -2.22. The van der Waals surface area contributed by atoms with Crippen molar-refractivity contribution in [3.05, 3.63) is 69.8 Å². The van der Waals surface area contributed by atoms with Gasteiger partial charge in [-0.2, -0.15) is 0 Å². The molecular formula is C28H34O2. The summed E-state index contributed by atoms with van der Waals surface area (Å²) in [6.07, 6.45) is 6.98. The van der Waals surface area contributed by atoms with Crippen LogP contribution in [-0.4, -0.2) is 12.1 Å². The zero-order chi connectivity index (χ0) is 21.5. The minimum Gasteiger partial charge on any atom is -0.303 e. The van der Waals surface area contributed by atoms with E-state index in [1.165, 1.54) is 34.2 Å². The largest absolute Gasteiger partial charge is 0.303 e. The molecule has 2 heteroatoms. The first-order chi connectivity index (χ1) is 14.2. The first-order valence-corrected chi connectivity index (χ1v) is 11.4. The maximum atomic E-state index is 13.1. The summed E-state index contributed by atoms with van der Waals surface area (Å²) in [7, 11) is 0.